The molecule has 5 atom stereocenters. The van der Waals surface area contributed by atoms with Gasteiger partial charge in [0.2, 0.25) is 12.4 Å². The molecule has 3 rings (SSSR count). The highest BCUT2D eigenvalue weighted by Gasteiger charge is 2.53. The topological polar surface area (TPSA) is 142 Å². The van der Waals surface area contributed by atoms with Crippen LogP contribution in [0.4, 0.5) is 0 Å². The van der Waals surface area contributed by atoms with E-state index in [0.29, 0.717) is 17.9 Å². The fourth-order valence-corrected chi connectivity index (χ4v) is 4.48. The molecule has 12 heteroatoms. The van der Waals surface area contributed by atoms with Crippen LogP contribution in [0.1, 0.15) is 44.4 Å². The molecule has 228 valence electrons. The zero-order valence-corrected chi connectivity index (χ0v) is 24.4. The maximum Gasteiger partial charge on any atom is 0.303 e. The fourth-order valence-electron chi connectivity index (χ4n) is 4.48. The maximum atomic E-state index is 12.2. The van der Waals surface area contributed by atoms with E-state index in [1.165, 1.54) is 13.8 Å². The summed E-state index contributed by atoms with van der Waals surface area (Å²) in [6, 6.07) is 13.0. The molecule has 1 fully saturated rings. The van der Waals surface area contributed by atoms with E-state index in [-0.39, 0.29) is 13.2 Å². The van der Waals surface area contributed by atoms with E-state index in [0.717, 1.165) is 30.5 Å². The summed E-state index contributed by atoms with van der Waals surface area (Å²) in [5, 5.41) is 0. The molecule has 1 unspecified atom stereocenters. The number of carbonyl (C=O) groups excluding carboxylic acids is 4. The van der Waals surface area contributed by atoms with Crippen molar-refractivity contribution in [3.05, 3.63) is 59.2 Å². The molecule has 0 aliphatic carbocycles. The number of methoxy groups -OCH3 is 2. The molecule has 0 radical (unpaired) electrons. The number of ether oxygens (including phenoxy) is 8. The van der Waals surface area contributed by atoms with Crippen LogP contribution in [-0.2, 0) is 60.6 Å². The van der Waals surface area contributed by atoms with Gasteiger partial charge in [0.05, 0.1) is 13.7 Å². The lowest BCUT2D eigenvalue weighted by Crippen LogP contribution is -2.63. The summed E-state index contributed by atoms with van der Waals surface area (Å²) in [5.74, 6) is -1.70. The minimum atomic E-state index is -1.36. The highest BCUT2D eigenvalue weighted by molar-refractivity contribution is 5.68. The van der Waals surface area contributed by atoms with Gasteiger partial charge < -0.3 is 37.9 Å². The van der Waals surface area contributed by atoms with Gasteiger partial charge in [0, 0.05) is 41.2 Å². The molecule has 1 aliphatic rings. The molecule has 1 heterocycles. The normalized spacial score (nSPS) is 21.5. The van der Waals surface area contributed by atoms with Gasteiger partial charge in [0.1, 0.15) is 24.2 Å². The molecule has 2 aromatic rings. The molecule has 0 bridgehead atoms. The fraction of sp³-hybridized carbons (Fsp3) is 0.467. The molecule has 42 heavy (non-hydrogen) atoms. The van der Waals surface area contributed by atoms with E-state index < -0.39 is 54.6 Å². The summed E-state index contributed by atoms with van der Waals surface area (Å²) in [6.07, 6.45) is -6.03. The second-order valence-electron chi connectivity index (χ2n) is 9.59. The summed E-state index contributed by atoms with van der Waals surface area (Å²) in [7, 11) is 3.15. The van der Waals surface area contributed by atoms with Gasteiger partial charge in [-0.25, -0.2) is 0 Å². The first-order chi connectivity index (χ1) is 20.0. The molecule has 0 aromatic heterocycles. The maximum absolute atomic E-state index is 12.2. The van der Waals surface area contributed by atoms with Crippen molar-refractivity contribution in [3.8, 4) is 11.5 Å². The van der Waals surface area contributed by atoms with Crippen LogP contribution in [-0.4, -0.2) is 75.4 Å². The van der Waals surface area contributed by atoms with Crippen molar-refractivity contribution in [1.82, 2.24) is 0 Å². The molecule has 12 nitrogen and oxygen atoms in total. The second kappa shape index (κ2) is 15.2. The smallest absolute Gasteiger partial charge is 0.303 e. The second-order valence-corrected chi connectivity index (χ2v) is 9.59. The SMILES string of the molecule is COCc1ccc(Cc2ccc(OC)cc2)c(OC2O[C@H](COC(C)=O)[C@@H](OC(C)=O)[C@H](OC(C)=O)[C@H]2OC(C)=O)c1. The molecule has 2 aromatic carbocycles. The van der Waals surface area contributed by atoms with Crippen LogP contribution in [0.3, 0.4) is 0 Å². The van der Waals surface area contributed by atoms with Gasteiger partial charge in [-0.05, 0) is 34.9 Å². The zero-order valence-electron chi connectivity index (χ0n) is 24.4. The number of esters is 4. The van der Waals surface area contributed by atoms with E-state index in [4.69, 9.17) is 37.9 Å². The van der Waals surface area contributed by atoms with Crippen molar-refractivity contribution in [3.63, 3.8) is 0 Å². The Balaban J connectivity index is 2.05. The van der Waals surface area contributed by atoms with Gasteiger partial charge in [0.15, 0.2) is 12.2 Å². The van der Waals surface area contributed by atoms with Crippen LogP contribution < -0.4 is 9.47 Å². The molecule has 1 aliphatic heterocycles. The van der Waals surface area contributed by atoms with Crippen LogP contribution in [0.25, 0.3) is 0 Å². The Bertz CT molecular complexity index is 1240. The molecule has 0 spiro atoms. The number of rotatable bonds is 12. The Labute approximate surface area is 244 Å². The minimum Gasteiger partial charge on any atom is -0.497 e. The van der Waals surface area contributed by atoms with Gasteiger partial charge in [-0.1, -0.05) is 24.3 Å². The Morgan fingerprint density at radius 2 is 1.33 bits per heavy atom. The summed E-state index contributed by atoms with van der Waals surface area (Å²) < 4.78 is 44.6. The summed E-state index contributed by atoms with van der Waals surface area (Å²) in [6.45, 7) is 4.61. The first kappa shape index (κ1) is 32.4. The molecule has 0 saturated carbocycles. The third-order valence-electron chi connectivity index (χ3n) is 6.19. The molecular formula is C30H36O12. The Kier molecular flexibility index (Phi) is 11.7. The van der Waals surface area contributed by atoms with Crippen molar-refractivity contribution in [2.24, 2.45) is 0 Å². The van der Waals surface area contributed by atoms with E-state index in [9.17, 15) is 19.2 Å². The van der Waals surface area contributed by atoms with Crippen LogP contribution in [0.2, 0.25) is 0 Å². The first-order valence-corrected chi connectivity index (χ1v) is 13.2. The van der Waals surface area contributed by atoms with Gasteiger partial charge in [-0.3, -0.25) is 19.2 Å². The zero-order chi connectivity index (χ0) is 30.8. The lowest BCUT2D eigenvalue weighted by Gasteiger charge is -2.44. The van der Waals surface area contributed by atoms with Gasteiger partial charge in [0.25, 0.3) is 0 Å². The lowest BCUT2D eigenvalue weighted by molar-refractivity contribution is -0.288. The standard InChI is InChI=1S/C30H36O12/c1-17(31)37-16-26-27(38-18(2)32)28(39-19(3)33)29(40-20(4)34)30(42-26)41-25-14-22(15-35-5)7-10-23(25)13-21-8-11-24(36-6)12-9-21/h7-12,14,26-30H,13,15-16H2,1-6H3/t26-,27-,28+,29-,30?/m1/s1. The van der Waals surface area contributed by atoms with E-state index in [1.807, 2.05) is 36.4 Å². The third-order valence-corrected chi connectivity index (χ3v) is 6.19. The quantitative estimate of drug-likeness (QED) is 0.266. The molecule has 1 saturated heterocycles. The van der Waals surface area contributed by atoms with Crippen molar-refractivity contribution < 1.29 is 57.1 Å². The van der Waals surface area contributed by atoms with Crippen molar-refractivity contribution in [2.45, 2.75) is 71.4 Å². The summed E-state index contributed by atoms with van der Waals surface area (Å²) >= 11 is 0. The number of carbonyl (C=O) groups is 4. The average molecular weight is 589 g/mol. The van der Waals surface area contributed by atoms with Crippen LogP contribution in [0.15, 0.2) is 42.5 Å². The average Bonchev–Trinajstić information content (AvgIpc) is 2.92. The highest BCUT2D eigenvalue weighted by Crippen LogP contribution is 2.33. The Hall–Kier alpha value is -4.16. The third kappa shape index (κ3) is 9.18. The van der Waals surface area contributed by atoms with Crippen molar-refractivity contribution in [1.29, 1.82) is 0 Å². The van der Waals surface area contributed by atoms with E-state index >= 15 is 0 Å². The van der Waals surface area contributed by atoms with Gasteiger partial charge in [-0.2, -0.15) is 0 Å². The number of hydrogen-bond acceptors (Lipinski definition) is 12. The van der Waals surface area contributed by atoms with Gasteiger partial charge >= 0.3 is 23.9 Å². The Morgan fingerprint density at radius 3 is 1.90 bits per heavy atom. The Morgan fingerprint density at radius 1 is 0.738 bits per heavy atom. The number of benzene rings is 2. The van der Waals surface area contributed by atoms with Crippen molar-refractivity contribution >= 4 is 23.9 Å². The van der Waals surface area contributed by atoms with E-state index in [1.54, 1.807) is 20.3 Å². The predicted octanol–water partition coefficient (Wildman–Crippen LogP) is 2.89. The summed E-state index contributed by atoms with van der Waals surface area (Å²) in [4.78, 5) is 48.0. The largest absolute Gasteiger partial charge is 0.497 e. The monoisotopic (exact) mass is 588 g/mol. The van der Waals surface area contributed by atoms with E-state index in [2.05, 4.69) is 0 Å². The highest BCUT2D eigenvalue weighted by atomic mass is 16.7. The minimum absolute atomic E-state index is 0.289. The molecular weight excluding hydrogens is 552 g/mol. The molecule has 0 N–H and O–H groups in total. The first-order valence-electron chi connectivity index (χ1n) is 13.2. The molecule has 0 amide bonds. The number of hydrogen-bond donors (Lipinski definition) is 0. The van der Waals surface area contributed by atoms with Crippen molar-refractivity contribution in [2.75, 3.05) is 20.8 Å². The lowest BCUT2D eigenvalue weighted by atomic mass is 9.97. The van der Waals surface area contributed by atoms with Crippen LogP contribution in [0, 0.1) is 0 Å². The summed E-state index contributed by atoms with van der Waals surface area (Å²) in [5.41, 5.74) is 2.51. The van der Waals surface area contributed by atoms with Crippen LogP contribution in [0.5, 0.6) is 11.5 Å². The van der Waals surface area contributed by atoms with Crippen LogP contribution >= 0.6 is 0 Å². The van der Waals surface area contributed by atoms with Gasteiger partial charge in [-0.15, -0.1) is 0 Å². The predicted molar refractivity (Wildman–Crippen MR) is 146 cm³/mol.